The Kier molecular flexibility index (Phi) is 5.61. The number of nitrogens with one attached hydrogen (secondary N) is 1. The molecule has 2 amide bonds. The van der Waals surface area contributed by atoms with Gasteiger partial charge in [-0.2, -0.15) is 5.10 Å². The molecule has 118 valence electrons. The molecular formula is C15H26N4O2. The average Bonchev–Trinajstić information content (AvgIpc) is 2.93. The molecule has 1 aliphatic rings. The van der Waals surface area contributed by atoms with Crippen molar-refractivity contribution in [3.63, 3.8) is 0 Å². The van der Waals surface area contributed by atoms with Crippen LogP contribution in [-0.2, 0) is 11.3 Å². The number of anilines is 1. The number of hydrogen-bond donors (Lipinski definition) is 1. The van der Waals surface area contributed by atoms with Crippen molar-refractivity contribution >= 4 is 11.7 Å². The summed E-state index contributed by atoms with van der Waals surface area (Å²) in [5, 5.41) is 7.04. The average molecular weight is 294 g/mol. The van der Waals surface area contributed by atoms with Crippen LogP contribution in [0.5, 0.6) is 0 Å². The number of aromatic nitrogens is 2. The zero-order valence-corrected chi connectivity index (χ0v) is 13.2. The van der Waals surface area contributed by atoms with E-state index in [1.807, 2.05) is 18.0 Å². The molecule has 0 atom stereocenters. The molecule has 1 fully saturated rings. The summed E-state index contributed by atoms with van der Waals surface area (Å²) in [6, 6.07) is -0.0482. The largest absolute Gasteiger partial charge is 0.378 e. The fourth-order valence-electron chi connectivity index (χ4n) is 2.36. The van der Waals surface area contributed by atoms with Crippen LogP contribution < -0.4 is 5.32 Å². The van der Waals surface area contributed by atoms with E-state index in [4.69, 9.17) is 4.74 Å². The number of nitrogens with zero attached hydrogens (tertiary/aromatic N) is 3. The molecule has 1 aliphatic heterocycles. The molecule has 1 N–H and O–H groups in total. The van der Waals surface area contributed by atoms with Gasteiger partial charge in [0.1, 0.15) is 0 Å². The Morgan fingerprint density at radius 3 is 2.76 bits per heavy atom. The predicted molar refractivity (Wildman–Crippen MR) is 82.3 cm³/mol. The van der Waals surface area contributed by atoms with E-state index in [0.717, 1.165) is 44.8 Å². The first-order chi connectivity index (χ1) is 10.1. The third-order valence-electron chi connectivity index (χ3n) is 3.60. The van der Waals surface area contributed by atoms with Crippen LogP contribution in [0, 0.1) is 5.92 Å². The molecule has 1 aromatic rings. The normalized spacial score (nSPS) is 16.5. The monoisotopic (exact) mass is 294 g/mol. The Morgan fingerprint density at radius 1 is 1.48 bits per heavy atom. The quantitative estimate of drug-likeness (QED) is 0.908. The van der Waals surface area contributed by atoms with Crippen LogP contribution >= 0.6 is 0 Å². The zero-order chi connectivity index (χ0) is 15.2. The van der Waals surface area contributed by atoms with Gasteiger partial charge in [0.05, 0.1) is 18.0 Å². The number of likely N-dealkylation sites (tertiary alicyclic amines) is 1. The number of rotatable bonds is 5. The van der Waals surface area contributed by atoms with Crippen LogP contribution in [0.4, 0.5) is 10.5 Å². The van der Waals surface area contributed by atoms with Gasteiger partial charge < -0.3 is 15.0 Å². The third-order valence-corrected chi connectivity index (χ3v) is 3.60. The highest BCUT2D eigenvalue weighted by atomic mass is 16.5. The number of hydrogen-bond acceptors (Lipinski definition) is 3. The summed E-state index contributed by atoms with van der Waals surface area (Å²) in [5.74, 6) is 0.557. The second-order valence-corrected chi connectivity index (χ2v) is 5.93. The Bertz CT molecular complexity index is 450. The molecule has 6 nitrogen and oxygen atoms in total. The second-order valence-electron chi connectivity index (χ2n) is 5.93. The van der Waals surface area contributed by atoms with Gasteiger partial charge in [0, 0.05) is 32.4 Å². The highest BCUT2D eigenvalue weighted by Gasteiger charge is 2.23. The number of carbonyl (C=O) groups excluding carboxylic acids is 1. The van der Waals surface area contributed by atoms with Crippen molar-refractivity contribution in [2.45, 2.75) is 46.3 Å². The lowest BCUT2D eigenvalue weighted by molar-refractivity contribution is 0.00300. The molecule has 0 unspecified atom stereocenters. The first kappa shape index (κ1) is 15.8. The van der Waals surface area contributed by atoms with E-state index in [1.165, 1.54) is 0 Å². The van der Waals surface area contributed by atoms with Crippen molar-refractivity contribution in [2.24, 2.45) is 5.92 Å². The summed E-state index contributed by atoms with van der Waals surface area (Å²) in [7, 11) is 0. The Morgan fingerprint density at radius 2 is 2.19 bits per heavy atom. The zero-order valence-electron chi connectivity index (χ0n) is 13.2. The van der Waals surface area contributed by atoms with Gasteiger partial charge in [0.15, 0.2) is 0 Å². The Labute approximate surface area is 126 Å². The molecule has 0 spiro atoms. The van der Waals surface area contributed by atoms with Gasteiger partial charge >= 0.3 is 6.03 Å². The molecule has 0 radical (unpaired) electrons. The fraction of sp³-hybridized carbons (Fsp3) is 0.733. The highest BCUT2D eigenvalue weighted by molar-refractivity contribution is 5.89. The van der Waals surface area contributed by atoms with Gasteiger partial charge in [-0.05, 0) is 25.7 Å². The topological polar surface area (TPSA) is 59.4 Å². The molecule has 6 heteroatoms. The van der Waals surface area contributed by atoms with Crippen LogP contribution in [0.25, 0.3) is 0 Å². The van der Waals surface area contributed by atoms with Gasteiger partial charge in [-0.25, -0.2) is 4.79 Å². The lowest BCUT2D eigenvalue weighted by Gasteiger charge is -2.32. The van der Waals surface area contributed by atoms with Gasteiger partial charge in [0.2, 0.25) is 0 Å². The lowest BCUT2D eigenvalue weighted by Crippen LogP contribution is -2.43. The number of aryl methyl sites for hydroxylation is 1. The summed E-state index contributed by atoms with van der Waals surface area (Å²) < 4.78 is 7.63. The minimum absolute atomic E-state index is 0.0482. The van der Waals surface area contributed by atoms with E-state index in [2.05, 4.69) is 24.3 Å². The van der Waals surface area contributed by atoms with Crippen LogP contribution in [0.3, 0.4) is 0 Å². The molecule has 0 aromatic carbocycles. The van der Waals surface area contributed by atoms with Crippen LogP contribution in [0.1, 0.15) is 33.6 Å². The minimum atomic E-state index is -0.0482. The van der Waals surface area contributed by atoms with Gasteiger partial charge in [-0.3, -0.25) is 4.68 Å². The summed E-state index contributed by atoms with van der Waals surface area (Å²) in [4.78, 5) is 14.0. The fourth-order valence-corrected chi connectivity index (χ4v) is 2.36. The van der Waals surface area contributed by atoms with E-state index in [-0.39, 0.29) is 6.03 Å². The van der Waals surface area contributed by atoms with Crippen LogP contribution in [0.2, 0.25) is 0 Å². The number of urea groups is 1. The van der Waals surface area contributed by atoms with E-state index < -0.39 is 0 Å². The summed E-state index contributed by atoms with van der Waals surface area (Å²) in [6.45, 7) is 9.41. The smallest absolute Gasteiger partial charge is 0.321 e. The Balaban J connectivity index is 1.75. The van der Waals surface area contributed by atoms with Crippen LogP contribution in [0.15, 0.2) is 12.4 Å². The first-order valence-electron chi connectivity index (χ1n) is 7.78. The molecule has 2 heterocycles. The number of amides is 2. The number of piperidine rings is 1. The number of carbonyl (C=O) groups is 1. The molecule has 1 saturated heterocycles. The molecule has 0 aliphatic carbocycles. The van der Waals surface area contributed by atoms with E-state index in [0.29, 0.717) is 12.0 Å². The molecule has 1 aromatic heterocycles. The van der Waals surface area contributed by atoms with E-state index in [1.54, 1.807) is 10.9 Å². The maximum absolute atomic E-state index is 12.2. The molecular weight excluding hydrogens is 268 g/mol. The predicted octanol–water partition coefficient (Wildman–Crippen LogP) is 2.57. The maximum Gasteiger partial charge on any atom is 0.321 e. The van der Waals surface area contributed by atoms with Crippen molar-refractivity contribution < 1.29 is 9.53 Å². The third kappa shape index (κ3) is 4.74. The van der Waals surface area contributed by atoms with Crippen molar-refractivity contribution in [3.05, 3.63) is 12.4 Å². The van der Waals surface area contributed by atoms with E-state index >= 15 is 0 Å². The van der Waals surface area contributed by atoms with Gasteiger partial charge in [-0.1, -0.05) is 13.8 Å². The van der Waals surface area contributed by atoms with Gasteiger partial charge in [0.25, 0.3) is 0 Å². The summed E-state index contributed by atoms with van der Waals surface area (Å²) in [5.41, 5.74) is 0.750. The molecule has 0 saturated carbocycles. The van der Waals surface area contributed by atoms with Crippen molar-refractivity contribution in [3.8, 4) is 0 Å². The lowest BCUT2D eigenvalue weighted by atomic mass is 10.1. The molecule has 0 bridgehead atoms. The van der Waals surface area contributed by atoms with Crippen molar-refractivity contribution in [1.82, 2.24) is 14.7 Å². The van der Waals surface area contributed by atoms with Gasteiger partial charge in [-0.15, -0.1) is 0 Å². The molecule has 2 rings (SSSR count). The maximum atomic E-state index is 12.2. The highest BCUT2D eigenvalue weighted by Crippen LogP contribution is 2.16. The summed E-state index contributed by atoms with van der Waals surface area (Å²) in [6.07, 6.45) is 5.64. The standard InChI is InChI=1S/C15H26N4O2/c1-4-19-10-13(9-16-19)17-15(20)18-7-5-14(6-8-18)21-11-12(2)3/h9-10,12,14H,4-8,11H2,1-3H3,(H,17,20). The SMILES string of the molecule is CCn1cc(NC(=O)N2CCC(OCC(C)C)CC2)cn1. The Hall–Kier alpha value is -1.56. The number of ether oxygens (including phenoxy) is 1. The van der Waals surface area contributed by atoms with E-state index in [9.17, 15) is 4.79 Å². The van der Waals surface area contributed by atoms with Crippen molar-refractivity contribution in [2.75, 3.05) is 25.0 Å². The van der Waals surface area contributed by atoms with Crippen LogP contribution in [-0.4, -0.2) is 46.5 Å². The second kappa shape index (κ2) is 7.45. The summed E-state index contributed by atoms with van der Waals surface area (Å²) >= 11 is 0. The minimum Gasteiger partial charge on any atom is -0.378 e. The first-order valence-corrected chi connectivity index (χ1v) is 7.78. The van der Waals surface area contributed by atoms with Crippen molar-refractivity contribution in [1.29, 1.82) is 0 Å². The molecule has 21 heavy (non-hydrogen) atoms.